The van der Waals surface area contributed by atoms with Gasteiger partial charge in [-0.15, -0.1) is 11.3 Å². The minimum absolute atomic E-state index is 0.0292. The normalized spacial score (nSPS) is 20.6. The Hall–Kier alpha value is -3.41. The van der Waals surface area contributed by atoms with Gasteiger partial charge in [0.05, 0.1) is 30.7 Å². The zero-order chi connectivity index (χ0) is 28.7. The van der Waals surface area contributed by atoms with Gasteiger partial charge in [-0.2, -0.15) is 5.10 Å². The first-order chi connectivity index (χ1) is 19.9. The molecule has 6 rings (SSSR count). The Labute approximate surface area is 241 Å². The molecule has 1 aliphatic carbocycles. The fourth-order valence-corrected chi connectivity index (χ4v) is 7.35. The molecule has 5 heterocycles. The van der Waals surface area contributed by atoms with Crippen LogP contribution >= 0.6 is 11.3 Å². The molecule has 0 unspecified atom stereocenters. The van der Waals surface area contributed by atoms with Gasteiger partial charge < -0.3 is 24.5 Å². The van der Waals surface area contributed by atoms with Crippen LogP contribution in [0.1, 0.15) is 37.1 Å². The number of carbonyl (C=O) groups is 1. The summed E-state index contributed by atoms with van der Waals surface area (Å²) in [5.41, 5.74) is 2.73. The van der Waals surface area contributed by atoms with Gasteiger partial charge in [0.1, 0.15) is 41.7 Å². The maximum atomic E-state index is 15.8. The predicted octanol–water partition coefficient (Wildman–Crippen LogP) is 5.58. The van der Waals surface area contributed by atoms with E-state index in [0.29, 0.717) is 23.5 Å². The van der Waals surface area contributed by atoms with E-state index in [9.17, 15) is 9.18 Å². The SMILES string of the molecule is C=C(OCCOC)/C(=C(F)\C=C\F)c1c(-c2cc3n(n2)CCN[C@@H]3C)nc(N2CC3(CC(C=O)C3)C2)c2ccsc12. The molecule has 1 atom stereocenters. The molecule has 1 spiro atoms. The Morgan fingerprint density at radius 3 is 2.85 bits per heavy atom. The number of anilines is 1. The van der Waals surface area contributed by atoms with E-state index in [1.165, 1.54) is 11.3 Å². The topological polar surface area (TPSA) is 81.5 Å². The maximum Gasteiger partial charge on any atom is 0.138 e. The number of rotatable bonds is 10. The van der Waals surface area contributed by atoms with E-state index in [1.807, 2.05) is 22.2 Å². The van der Waals surface area contributed by atoms with Gasteiger partial charge in [-0.05, 0) is 37.3 Å². The van der Waals surface area contributed by atoms with Crippen LogP contribution < -0.4 is 10.2 Å². The van der Waals surface area contributed by atoms with Crippen LogP contribution in [0, 0.1) is 11.3 Å². The van der Waals surface area contributed by atoms with E-state index in [-0.39, 0.29) is 48.3 Å². The van der Waals surface area contributed by atoms with Crippen LogP contribution in [0.2, 0.25) is 0 Å². The van der Waals surface area contributed by atoms with Gasteiger partial charge in [-0.1, -0.05) is 6.58 Å². The van der Waals surface area contributed by atoms with Gasteiger partial charge in [-0.3, -0.25) is 4.68 Å². The van der Waals surface area contributed by atoms with Crippen molar-refractivity contribution in [3.05, 3.63) is 59.3 Å². The third kappa shape index (κ3) is 4.89. The molecule has 1 N–H and O–H groups in total. The minimum Gasteiger partial charge on any atom is -0.491 e. The first-order valence-corrected chi connectivity index (χ1v) is 14.7. The average Bonchev–Trinajstić information content (AvgIpc) is 3.57. The molecule has 1 saturated heterocycles. The minimum atomic E-state index is -0.822. The van der Waals surface area contributed by atoms with E-state index in [2.05, 4.69) is 23.7 Å². The smallest absolute Gasteiger partial charge is 0.138 e. The average molecular weight is 582 g/mol. The lowest BCUT2D eigenvalue weighted by molar-refractivity contribution is -0.118. The molecule has 216 valence electrons. The van der Waals surface area contributed by atoms with Crippen molar-refractivity contribution in [1.82, 2.24) is 20.1 Å². The number of aromatic nitrogens is 3. The number of methoxy groups -OCH3 is 1. The lowest BCUT2D eigenvalue weighted by atomic mass is 9.58. The van der Waals surface area contributed by atoms with Gasteiger partial charge in [0, 0.05) is 65.8 Å². The third-order valence-electron chi connectivity index (χ3n) is 8.33. The first kappa shape index (κ1) is 27.7. The van der Waals surface area contributed by atoms with Crippen molar-refractivity contribution in [3.8, 4) is 11.4 Å². The summed E-state index contributed by atoms with van der Waals surface area (Å²) in [5, 5.41) is 11.2. The zero-order valence-electron chi connectivity index (χ0n) is 23.2. The number of carbonyl (C=O) groups excluding carboxylic acids is 1. The molecular weight excluding hydrogens is 548 g/mol. The summed E-state index contributed by atoms with van der Waals surface area (Å²) in [5.74, 6) is 0.167. The van der Waals surface area contributed by atoms with E-state index in [1.54, 1.807) is 7.11 Å². The molecule has 8 nitrogen and oxygen atoms in total. The largest absolute Gasteiger partial charge is 0.491 e. The Balaban J connectivity index is 1.52. The van der Waals surface area contributed by atoms with Crippen LogP contribution in [0.15, 0.2) is 48.1 Å². The highest BCUT2D eigenvalue weighted by atomic mass is 32.1. The fourth-order valence-electron chi connectivity index (χ4n) is 6.40. The molecular formula is C30H33F2N5O3S. The second-order valence-electron chi connectivity index (χ2n) is 11.1. The number of aldehydes is 1. The van der Waals surface area contributed by atoms with Crippen molar-refractivity contribution < 1.29 is 23.0 Å². The first-order valence-electron chi connectivity index (χ1n) is 13.8. The lowest BCUT2D eigenvalue weighted by Crippen LogP contribution is -2.63. The monoisotopic (exact) mass is 581 g/mol. The molecule has 11 heteroatoms. The van der Waals surface area contributed by atoms with Crippen molar-refractivity contribution >= 4 is 39.1 Å². The molecule has 0 radical (unpaired) electrons. The Kier molecular flexibility index (Phi) is 7.52. The third-order valence-corrected chi connectivity index (χ3v) is 9.27. The van der Waals surface area contributed by atoms with Gasteiger partial charge in [0.2, 0.25) is 0 Å². The second-order valence-corrected chi connectivity index (χ2v) is 12.0. The van der Waals surface area contributed by atoms with Gasteiger partial charge in [0.25, 0.3) is 0 Å². The van der Waals surface area contributed by atoms with E-state index in [4.69, 9.17) is 19.6 Å². The summed E-state index contributed by atoms with van der Waals surface area (Å²) in [6.45, 7) is 9.63. The van der Waals surface area contributed by atoms with E-state index >= 15 is 4.39 Å². The standard InChI is InChI=1S/C30H33F2N5O3S/c1-18-24-12-23(35-37(24)8-7-33-18)27-26(25(22(32)4-6-31)19(2)40-10-9-39-3)28-21(5-11-41-28)29(34-27)36-16-30(17-36)13-20(14-30)15-38/h4-6,11-12,15,18,20,33H,2,7-10,13-14,16-17H2,1,3H3/b6-4+,25-22-/t18-/m1/s1. The Bertz CT molecular complexity index is 1550. The van der Waals surface area contributed by atoms with Gasteiger partial charge in [0.15, 0.2) is 0 Å². The summed E-state index contributed by atoms with van der Waals surface area (Å²) < 4.78 is 42.8. The van der Waals surface area contributed by atoms with Crippen LogP contribution in [0.25, 0.3) is 27.0 Å². The molecule has 3 aliphatic rings. The number of hydrogen-bond acceptors (Lipinski definition) is 8. The van der Waals surface area contributed by atoms with Crippen molar-refractivity contribution in [3.63, 3.8) is 0 Å². The predicted molar refractivity (Wildman–Crippen MR) is 156 cm³/mol. The number of ether oxygens (including phenoxy) is 2. The molecule has 0 aromatic carbocycles. The van der Waals surface area contributed by atoms with E-state index in [0.717, 1.165) is 66.4 Å². The van der Waals surface area contributed by atoms with Crippen molar-refractivity contribution in [2.45, 2.75) is 32.4 Å². The molecule has 2 fully saturated rings. The summed E-state index contributed by atoms with van der Waals surface area (Å²) in [4.78, 5) is 18.6. The number of nitrogens with one attached hydrogen (secondary N) is 1. The lowest BCUT2D eigenvalue weighted by Gasteiger charge is -2.58. The summed E-state index contributed by atoms with van der Waals surface area (Å²) in [6.07, 6.45) is 3.78. The summed E-state index contributed by atoms with van der Waals surface area (Å²) >= 11 is 1.46. The zero-order valence-corrected chi connectivity index (χ0v) is 24.0. The summed E-state index contributed by atoms with van der Waals surface area (Å²) in [7, 11) is 1.55. The maximum absolute atomic E-state index is 15.8. The quantitative estimate of drug-likeness (QED) is 0.145. The molecule has 2 aliphatic heterocycles. The second kappa shape index (κ2) is 11.1. The molecule has 1 saturated carbocycles. The summed E-state index contributed by atoms with van der Waals surface area (Å²) in [6, 6.07) is 4.06. The van der Waals surface area contributed by atoms with Crippen molar-refractivity contribution in [2.75, 3.05) is 44.9 Å². The molecule has 0 amide bonds. The number of allylic oxidation sites excluding steroid dienone is 3. The highest BCUT2D eigenvalue weighted by Crippen LogP contribution is 2.54. The number of hydrogen-bond donors (Lipinski definition) is 1. The van der Waals surface area contributed by atoms with Crippen LogP contribution in [0.4, 0.5) is 14.6 Å². The number of thiophene rings is 1. The molecule has 3 aromatic heterocycles. The Morgan fingerprint density at radius 2 is 2.15 bits per heavy atom. The number of pyridine rings is 1. The van der Waals surface area contributed by atoms with Crippen LogP contribution in [-0.2, 0) is 20.8 Å². The fraction of sp³-hybridized carbons (Fsp3) is 0.433. The molecule has 0 bridgehead atoms. The van der Waals surface area contributed by atoms with Crippen molar-refractivity contribution in [1.29, 1.82) is 0 Å². The van der Waals surface area contributed by atoms with E-state index < -0.39 is 5.83 Å². The number of halogens is 2. The van der Waals surface area contributed by atoms with Gasteiger partial charge in [-0.25, -0.2) is 13.8 Å². The molecule has 3 aromatic rings. The number of fused-ring (bicyclic) bond motifs is 2. The molecule has 41 heavy (non-hydrogen) atoms. The highest BCUT2D eigenvalue weighted by molar-refractivity contribution is 7.17. The van der Waals surface area contributed by atoms with Gasteiger partial charge >= 0.3 is 0 Å². The number of nitrogens with zero attached hydrogens (tertiary/aromatic N) is 4. The van der Waals surface area contributed by atoms with Crippen LogP contribution in [-0.4, -0.2) is 61.0 Å². The highest BCUT2D eigenvalue weighted by Gasteiger charge is 2.53. The van der Waals surface area contributed by atoms with Crippen molar-refractivity contribution in [2.24, 2.45) is 11.3 Å². The van der Waals surface area contributed by atoms with Crippen LogP contribution in [0.5, 0.6) is 0 Å². The van der Waals surface area contributed by atoms with Crippen LogP contribution in [0.3, 0.4) is 0 Å². The Morgan fingerprint density at radius 1 is 1.34 bits per heavy atom.